The number of aryl methyl sites for hydroxylation is 1. The first-order chi connectivity index (χ1) is 13.8. The molecular weight excluding hydrogens is 350 g/mol. The first-order valence-electron chi connectivity index (χ1n) is 11.3. The average molecular weight is 384 g/mol. The van der Waals surface area contributed by atoms with Crippen LogP contribution in [-0.2, 0) is 4.74 Å². The SMILES string of the molecule is Cc1c(OC2CCCC(N3CCCC3)C2)ccc2c1cnn2C1CCCCO1. The van der Waals surface area contributed by atoms with Crippen LogP contribution in [-0.4, -0.2) is 46.5 Å². The Morgan fingerprint density at radius 2 is 1.93 bits per heavy atom. The number of hydrogen-bond acceptors (Lipinski definition) is 4. The van der Waals surface area contributed by atoms with E-state index in [-0.39, 0.29) is 6.23 Å². The van der Waals surface area contributed by atoms with Crippen LogP contribution in [0.15, 0.2) is 18.3 Å². The standard InChI is InChI=1S/C23H33N3O2/c1-17-20-16-24-26(23-9-2-5-14-27-23)21(20)10-11-22(17)28-19-8-6-7-18(15-19)25-12-3-4-13-25/h10-11,16,18-19,23H,2-9,12-15H2,1H3. The van der Waals surface area contributed by atoms with Crippen LogP contribution in [0.3, 0.4) is 0 Å². The van der Waals surface area contributed by atoms with Crippen LogP contribution in [0.1, 0.15) is 69.6 Å². The predicted molar refractivity (Wildman–Crippen MR) is 111 cm³/mol. The van der Waals surface area contributed by atoms with Crippen LogP contribution in [0.25, 0.3) is 10.9 Å². The highest BCUT2D eigenvalue weighted by Crippen LogP contribution is 2.34. The van der Waals surface area contributed by atoms with Gasteiger partial charge >= 0.3 is 0 Å². The normalized spacial score (nSPS) is 29.4. The summed E-state index contributed by atoms with van der Waals surface area (Å²) in [5.74, 6) is 1.03. The van der Waals surface area contributed by atoms with Gasteiger partial charge in [0.25, 0.3) is 0 Å². The van der Waals surface area contributed by atoms with Gasteiger partial charge in [-0.25, -0.2) is 4.68 Å². The minimum Gasteiger partial charge on any atom is -0.490 e. The van der Waals surface area contributed by atoms with E-state index in [9.17, 15) is 0 Å². The van der Waals surface area contributed by atoms with Gasteiger partial charge in [0.05, 0.1) is 11.7 Å². The molecule has 3 aliphatic rings. The summed E-state index contributed by atoms with van der Waals surface area (Å²) in [5.41, 5.74) is 2.37. The molecule has 3 heterocycles. The van der Waals surface area contributed by atoms with Crippen molar-refractivity contribution in [3.8, 4) is 5.75 Å². The second-order valence-corrected chi connectivity index (χ2v) is 8.84. The molecule has 0 amide bonds. The van der Waals surface area contributed by atoms with E-state index in [1.165, 1.54) is 69.0 Å². The molecule has 3 fully saturated rings. The Kier molecular flexibility index (Phi) is 5.29. The summed E-state index contributed by atoms with van der Waals surface area (Å²) in [6, 6.07) is 5.04. The lowest BCUT2D eigenvalue weighted by molar-refractivity contribution is -0.0366. The van der Waals surface area contributed by atoms with Gasteiger partial charge in [-0.05, 0) is 89.9 Å². The van der Waals surface area contributed by atoms with E-state index in [0.717, 1.165) is 36.8 Å². The van der Waals surface area contributed by atoms with Crippen LogP contribution in [0.4, 0.5) is 0 Å². The molecule has 1 saturated carbocycles. The molecule has 2 aliphatic heterocycles. The second kappa shape index (κ2) is 8.03. The van der Waals surface area contributed by atoms with E-state index < -0.39 is 0 Å². The lowest BCUT2D eigenvalue weighted by Gasteiger charge is -2.35. The van der Waals surface area contributed by atoms with Crippen molar-refractivity contribution < 1.29 is 9.47 Å². The lowest BCUT2D eigenvalue weighted by atomic mass is 9.91. The van der Waals surface area contributed by atoms with Crippen LogP contribution < -0.4 is 4.74 Å². The second-order valence-electron chi connectivity index (χ2n) is 8.84. The maximum atomic E-state index is 6.54. The highest BCUT2D eigenvalue weighted by atomic mass is 16.5. The summed E-state index contributed by atoms with van der Waals surface area (Å²) in [5, 5.41) is 5.85. The van der Waals surface area contributed by atoms with Crippen molar-refractivity contribution >= 4 is 10.9 Å². The molecule has 0 radical (unpaired) electrons. The summed E-state index contributed by atoms with van der Waals surface area (Å²) in [7, 11) is 0. The first-order valence-corrected chi connectivity index (χ1v) is 11.3. The smallest absolute Gasteiger partial charge is 0.150 e. The number of fused-ring (bicyclic) bond motifs is 1. The Bertz CT molecular complexity index is 806. The molecule has 2 saturated heterocycles. The number of aromatic nitrogens is 2. The number of benzene rings is 1. The molecule has 3 unspecified atom stereocenters. The molecule has 28 heavy (non-hydrogen) atoms. The minimum absolute atomic E-state index is 0.0805. The quantitative estimate of drug-likeness (QED) is 0.758. The summed E-state index contributed by atoms with van der Waals surface area (Å²) in [6.07, 6.45) is 13.5. The fraction of sp³-hybridized carbons (Fsp3) is 0.696. The van der Waals surface area contributed by atoms with Gasteiger partial charge in [-0.2, -0.15) is 5.10 Å². The summed E-state index contributed by atoms with van der Waals surface area (Å²) in [6.45, 7) is 5.58. The van der Waals surface area contributed by atoms with Crippen molar-refractivity contribution in [2.45, 2.75) is 83.1 Å². The first kappa shape index (κ1) is 18.4. The third kappa shape index (κ3) is 3.55. The molecule has 2 aromatic rings. The molecule has 1 aromatic heterocycles. The maximum Gasteiger partial charge on any atom is 0.150 e. The fourth-order valence-electron chi connectivity index (χ4n) is 5.36. The number of hydrogen-bond donors (Lipinski definition) is 0. The zero-order valence-electron chi connectivity index (χ0n) is 17.1. The molecule has 0 spiro atoms. The molecule has 0 bridgehead atoms. The van der Waals surface area contributed by atoms with Gasteiger partial charge in [-0.3, -0.25) is 0 Å². The predicted octanol–water partition coefficient (Wildman–Crippen LogP) is 4.83. The van der Waals surface area contributed by atoms with E-state index in [1.807, 2.05) is 6.20 Å². The Balaban J connectivity index is 1.32. The number of ether oxygens (including phenoxy) is 2. The van der Waals surface area contributed by atoms with Gasteiger partial charge in [0.2, 0.25) is 0 Å². The third-order valence-corrected chi connectivity index (χ3v) is 6.98. The lowest BCUT2D eigenvalue weighted by Crippen LogP contribution is -2.40. The number of likely N-dealkylation sites (tertiary alicyclic amines) is 1. The van der Waals surface area contributed by atoms with Gasteiger partial charge < -0.3 is 14.4 Å². The van der Waals surface area contributed by atoms with Crippen LogP contribution >= 0.6 is 0 Å². The molecule has 3 atom stereocenters. The molecule has 152 valence electrons. The largest absolute Gasteiger partial charge is 0.490 e. The van der Waals surface area contributed by atoms with Crippen LogP contribution in [0, 0.1) is 6.92 Å². The van der Waals surface area contributed by atoms with Gasteiger partial charge in [0, 0.05) is 23.6 Å². The van der Waals surface area contributed by atoms with E-state index in [4.69, 9.17) is 9.47 Å². The third-order valence-electron chi connectivity index (χ3n) is 6.98. The Morgan fingerprint density at radius 3 is 2.75 bits per heavy atom. The van der Waals surface area contributed by atoms with Crippen LogP contribution in [0.5, 0.6) is 5.75 Å². The van der Waals surface area contributed by atoms with Crippen molar-refractivity contribution in [3.05, 3.63) is 23.9 Å². The topological polar surface area (TPSA) is 39.5 Å². The van der Waals surface area contributed by atoms with E-state index in [0.29, 0.717) is 6.10 Å². The summed E-state index contributed by atoms with van der Waals surface area (Å²) in [4.78, 5) is 2.69. The van der Waals surface area contributed by atoms with Gasteiger partial charge in [-0.1, -0.05) is 0 Å². The van der Waals surface area contributed by atoms with Gasteiger partial charge in [0.1, 0.15) is 11.9 Å². The molecule has 5 nitrogen and oxygen atoms in total. The van der Waals surface area contributed by atoms with Crippen molar-refractivity contribution in [3.63, 3.8) is 0 Å². The van der Waals surface area contributed by atoms with E-state index in [1.54, 1.807) is 0 Å². The fourth-order valence-corrected chi connectivity index (χ4v) is 5.36. The Labute approximate surface area is 168 Å². The maximum absolute atomic E-state index is 6.54. The summed E-state index contributed by atoms with van der Waals surface area (Å²) >= 11 is 0. The van der Waals surface area contributed by atoms with Crippen molar-refractivity contribution in [2.75, 3.05) is 19.7 Å². The molecule has 5 heteroatoms. The monoisotopic (exact) mass is 383 g/mol. The Hall–Kier alpha value is -1.59. The molecule has 1 aromatic carbocycles. The number of nitrogens with zero attached hydrogens (tertiary/aromatic N) is 3. The van der Waals surface area contributed by atoms with Crippen molar-refractivity contribution in [2.24, 2.45) is 0 Å². The molecule has 1 aliphatic carbocycles. The highest BCUT2D eigenvalue weighted by Gasteiger charge is 2.29. The van der Waals surface area contributed by atoms with E-state index >= 15 is 0 Å². The average Bonchev–Trinajstić information content (AvgIpc) is 3.41. The van der Waals surface area contributed by atoms with Crippen LogP contribution in [0.2, 0.25) is 0 Å². The zero-order chi connectivity index (χ0) is 18.9. The summed E-state index contributed by atoms with van der Waals surface area (Å²) < 4.78 is 14.6. The molecule has 5 rings (SSSR count). The molecule has 0 N–H and O–H groups in total. The number of rotatable bonds is 4. The van der Waals surface area contributed by atoms with Gasteiger partial charge in [0.15, 0.2) is 6.23 Å². The molecular formula is C23H33N3O2. The van der Waals surface area contributed by atoms with Crippen molar-refractivity contribution in [1.29, 1.82) is 0 Å². The minimum atomic E-state index is 0.0805. The van der Waals surface area contributed by atoms with Gasteiger partial charge in [-0.15, -0.1) is 0 Å². The zero-order valence-corrected chi connectivity index (χ0v) is 17.1. The highest BCUT2D eigenvalue weighted by molar-refractivity contribution is 5.84. The van der Waals surface area contributed by atoms with Crippen molar-refractivity contribution in [1.82, 2.24) is 14.7 Å². The van der Waals surface area contributed by atoms with E-state index in [2.05, 4.69) is 33.7 Å². The Morgan fingerprint density at radius 1 is 1.04 bits per heavy atom.